The van der Waals surface area contributed by atoms with Crippen LogP contribution in [0, 0.1) is 11.6 Å². The number of anilines is 1. The van der Waals surface area contributed by atoms with Gasteiger partial charge in [0.05, 0.1) is 0 Å². The average molecular weight is 383 g/mol. The predicted molar refractivity (Wildman–Crippen MR) is 97.7 cm³/mol. The molecular weight excluding hydrogens is 368 g/mol. The van der Waals surface area contributed by atoms with E-state index in [2.05, 4.69) is 5.32 Å². The smallest absolute Gasteiger partial charge is 0.255 e. The molecule has 0 saturated carbocycles. The zero-order chi connectivity index (χ0) is 19.5. The van der Waals surface area contributed by atoms with E-state index in [1.807, 2.05) is 6.07 Å². The highest BCUT2D eigenvalue weighted by Crippen LogP contribution is 2.35. The topological polar surface area (TPSA) is 56.8 Å². The Balaban J connectivity index is 1.41. The molecule has 142 valence electrons. The van der Waals surface area contributed by atoms with Gasteiger partial charge in [0.1, 0.15) is 12.4 Å². The van der Waals surface area contributed by atoms with Crippen LogP contribution in [-0.2, 0) is 6.61 Å². The van der Waals surface area contributed by atoms with Gasteiger partial charge in [-0.15, -0.1) is 0 Å². The van der Waals surface area contributed by atoms with Crippen molar-refractivity contribution in [2.75, 3.05) is 12.1 Å². The minimum absolute atomic E-state index is 0.0286. The summed E-state index contributed by atoms with van der Waals surface area (Å²) in [5, 5.41) is 2.66. The van der Waals surface area contributed by atoms with Gasteiger partial charge in [0, 0.05) is 17.3 Å². The second-order valence-electron chi connectivity index (χ2n) is 6.09. The maximum atomic E-state index is 13.3. The molecule has 3 aromatic rings. The van der Waals surface area contributed by atoms with Crippen molar-refractivity contribution in [3.8, 4) is 17.2 Å². The Morgan fingerprint density at radius 1 is 0.964 bits per heavy atom. The van der Waals surface area contributed by atoms with Crippen molar-refractivity contribution >= 4 is 11.6 Å². The lowest BCUT2D eigenvalue weighted by molar-refractivity contribution is 0.102. The molecule has 1 aliphatic rings. The third-order valence-corrected chi connectivity index (χ3v) is 4.12. The van der Waals surface area contributed by atoms with Crippen LogP contribution in [0.5, 0.6) is 17.2 Å². The number of amides is 1. The second kappa shape index (κ2) is 7.56. The summed E-state index contributed by atoms with van der Waals surface area (Å²) in [6.07, 6.45) is 0. The zero-order valence-corrected chi connectivity index (χ0v) is 14.6. The molecule has 3 aromatic carbocycles. The molecule has 0 aromatic heterocycles. The number of carbonyl (C=O) groups is 1. The Bertz CT molecular complexity index is 1040. The summed E-state index contributed by atoms with van der Waals surface area (Å²) in [5.74, 6) is -0.676. The summed E-state index contributed by atoms with van der Waals surface area (Å²) in [6.45, 7) is 0.465. The molecule has 0 atom stereocenters. The van der Waals surface area contributed by atoms with Crippen LogP contribution in [0.2, 0.25) is 0 Å². The summed E-state index contributed by atoms with van der Waals surface area (Å²) in [5.41, 5.74) is 1.36. The first-order valence-electron chi connectivity index (χ1n) is 8.46. The van der Waals surface area contributed by atoms with Crippen LogP contribution in [0.15, 0.2) is 60.7 Å². The SMILES string of the molecule is O=C(Nc1cccc(COc2ccc3c(c2)OCO3)c1)c1ccc(F)c(F)c1. The molecule has 0 fully saturated rings. The quantitative estimate of drug-likeness (QED) is 0.704. The summed E-state index contributed by atoms with van der Waals surface area (Å²) in [7, 11) is 0. The molecule has 4 rings (SSSR count). The van der Waals surface area contributed by atoms with Crippen molar-refractivity contribution in [3.05, 3.63) is 83.4 Å². The van der Waals surface area contributed by atoms with Gasteiger partial charge in [-0.3, -0.25) is 4.79 Å². The molecule has 1 heterocycles. The van der Waals surface area contributed by atoms with Crippen LogP contribution in [-0.4, -0.2) is 12.7 Å². The Labute approximate surface area is 159 Å². The third-order valence-electron chi connectivity index (χ3n) is 4.12. The van der Waals surface area contributed by atoms with Gasteiger partial charge in [-0.05, 0) is 48.0 Å². The molecular formula is C21H15F2NO4. The number of nitrogens with one attached hydrogen (secondary N) is 1. The van der Waals surface area contributed by atoms with Crippen molar-refractivity contribution in [1.29, 1.82) is 0 Å². The van der Waals surface area contributed by atoms with E-state index in [0.717, 1.165) is 17.7 Å². The number of fused-ring (bicyclic) bond motifs is 1. The largest absolute Gasteiger partial charge is 0.489 e. The number of hydrogen-bond acceptors (Lipinski definition) is 4. The number of ether oxygens (including phenoxy) is 3. The Hall–Kier alpha value is -3.61. The minimum Gasteiger partial charge on any atom is -0.489 e. The fourth-order valence-corrected chi connectivity index (χ4v) is 2.71. The van der Waals surface area contributed by atoms with Gasteiger partial charge in [0.2, 0.25) is 6.79 Å². The Kier molecular flexibility index (Phi) is 4.80. The van der Waals surface area contributed by atoms with Gasteiger partial charge in [-0.2, -0.15) is 0 Å². The predicted octanol–water partition coefficient (Wildman–Crippen LogP) is 4.52. The molecule has 0 spiro atoms. The van der Waals surface area contributed by atoms with Crippen LogP contribution in [0.1, 0.15) is 15.9 Å². The van der Waals surface area contributed by atoms with E-state index >= 15 is 0 Å². The maximum Gasteiger partial charge on any atom is 0.255 e. The van der Waals surface area contributed by atoms with Crippen molar-refractivity contribution in [2.45, 2.75) is 6.61 Å². The molecule has 0 unspecified atom stereocenters. The molecule has 1 amide bonds. The second-order valence-corrected chi connectivity index (χ2v) is 6.09. The maximum absolute atomic E-state index is 13.3. The third kappa shape index (κ3) is 3.88. The van der Waals surface area contributed by atoms with Gasteiger partial charge in [-0.1, -0.05) is 12.1 Å². The van der Waals surface area contributed by atoms with Crippen LogP contribution >= 0.6 is 0 Å². The van der Waals surface area contributed by atoms with Crippen LogP contribution in [0.4, 0.5) is 14.5 Å². The van der Waals surface area contributed by atoms with Gasteiger partial charge >= 0.3 is 0 Å². The highest BCUT2D eigenvalue weighted by molar-refractivity contribution is 6.04. The standard InChI is InChI=1S/C21H15F2NO4/c22-17-6-4-14(9-18(17)23)21(25)24-15-3-1-2-13(8-15)11-26-16-5-7-19-20(10-16)28-12-27-19/h1-10H,11-12H2,(H,24,25). The van der Waals surface area contributed by atoms with Crippen LogP contribution < -0.4 is 19.5 Å². The minimum atomic E-state index is -1.07. The molecule has 5 nitrogen and oxygen atoms in total. The average Bonchev–Trinajstić information content (AvgIpc) is 3.16. The van der Waals surface area contributed by atoms with Gasteiger partial charge in [0.25, 0.3) is 5.91 Å². The monoisotopic (exact) mass is 383 g/mol. The summed E-state index contributed by atoms with van der Waals surface area (Å²) in [6, 6.07) is 15.3. The van der Waals surface area contributed by atoms with Gasteiger partial charge < -0.3 is 19.5 Å². The van der Waals surface area contributed by atoms with Gasteiger partial charge in [-0.25, -0.2) is 8.78 Å². The van der Waals surface area contributed by atoms with Crippen molar-refractivity contribution in [2.24, 2.45) is 0 Å². The Morgan fingerprint density at radius 3 is 2.68 bits per heavy atom. The lowest BCUT2D eigenvalue weighted by atomic mass is 10.1. The zero-order valence-electron chi connectivity index (χ0n) is 14.6. The fraction of sp³-hybridized carbons (Fsp3) is 0.0952. The van der Waals surface area contributed by atoms with E-state index in [0.29, 0.717) is 22.9 Å². The molecule has 7 heteroatoms. The number of rotatable bonds is 5. The fourth-order valence-electron chi connectivity index (χ4n) is 2.71. The number of hydrogen-bond donors (Lipinski definition) is 1. The van der Waals surface area contributed by atoms with Crippen molar-refractivity contribution in [3.63, 3.8) is 0 Å². The molecule has 1 aliphatic heterocycles. The van der Waals surface area contributed by atoms with E-state index in [-0.39, 0.29) is 19.0 Å². The van der Waals surface area contributed by atoms with E-state index in [1.165, 1.54) is 6.07 Å². The molecule has 0 bridgehead atoms. The molecule has 28 heavy (non-hydrogen) atoms. The summed E-state index contributed by atoms with van der Waals surface area (Å²) < 4.78 is 42.6. The van der Waals surface area contributed by atoms with Crippen molar-refractivity contribution < 1.29 is 27.8 Å². The normalized spacial score (nSPS) is 11.9. The van der Waals surface area contributed by atoms with E-state index < -0.39 is 17.5 Å². The lowest BCUT2D eigenvalue weighted by Crippen LogP contribution is -2.12. The van der Waals surface area contributed by atoms with Crippen LogP contribution in [0.25, 0.3) is 0 Å². The Morgan fingerprint density at radius 2 is 1.82 bits per heavy atom. The molecule has 0 aliphatic carbocycles. The number of carbonyl (C=O) groups excluding carboxylic acids is 1. The highest BCUT2D eigenvalue weighted by atomic mass is 19.2. The molecule has 1 N–H and O–H groups in total. The number of halogens is 2. The molecule has 0 saturated heterocycles. The first-order chi connectivity index (χ1) is 13.6. The number of benzene rings is 3. The highest BCUT2D eigenvalue weighted by Gasteiger charge is 2.14. The lowest BCUT2D eigenvalue weighted by Gasteiger charge is -2.10. The van der Waals surface area contributed by atoms with Gasteiger partial charge in [0.15, 0.2) is 23.1 Å². The van der Waals surface area contributed by atoms with Crippen LogP contribution in [0.3, 0.4) is 0 Å². The van der Waals surface area contributed by atoms with E-state index in [4.69, 9.17) is 14.2 Å². The van der Waals surface area contributed by atoms with E-state index in [9.17, 15) is 13.6 Å². The first-order valence-corrected chi connectivity index (χ1v) is 8.46. The van der Waals surface area contributed by atoms with Crippen molar-refractivity contribution in [1.82, 2.24) is 0 Å². The molecule has 0 radical (unpaired) electrons. The summed E-state index contributed by atoms with van der Waals surface area (Å²) >= 11 is 0. The van der Waals surface area contributed by atoms with E-state index in [1.54, 1.807) is 36.4 Å². The summed E-state index contributed by atoms with van der Waals surface area (Å²) in [4.78, 5) is 12.2. The first kappa shape index (κ1) is 17.8.